The Morgan fingerprint density at radius 2 is 1.96 bits per heavy atom. The molecule has 7 heteroatoms. The highest BCUT2D eigenvalue weighted by molar-refractivity contribution is 6.34. The van der Waals surface area contributed by atoms with Crippen LogP contribution in [0.3, 0.4) is 0 Å². The van der Waals surface area contributed by atoms with Crippen molar-refractivity contribution in [2.75, 3.05) is 4.90 Å². The lowest BCUT2D eigenvalue weighted by atomic mass is 10.1. The first-order chi connectivity index (χ1) is 13.4. The number of halogens is 3. The van der Waals surface area contributed by atoms with Gasteiger partial charge in [-0.05, 0) is 54.3 Å². The number of carbonyl (C=O) groups is 1. The van der Waals surface area contributed by atoms with Crippen molar-refractivity contribution in [3.05, 3.63) is 64.1 Å². The van der Waals surface area contributed by atoms with Crippen molar-refractivity contribution >= 4 is 34.1 Å². The fourth-order valence-electron chi connectivity index (χ4n) is 3.74. The summed E-state index contributed by atoms with van der Waals surface area (Å²) >= 11 is 6.51. The number of nitrogens with one attached hydrogen (secondary N) is 2. The van der Waals surface area contributed by atoms with E-state index in [1.165, 1.54) is 6.07 Å². The molecule has 1 fully saturated rings. The zero-order chi connectivity index (χ0) is 19.5. The molecule has 4 nitrogen and oxygen atoms in total. The van der Waals surface area contributed by atoms with Crippen molar-refractivity contribution in [2.24, 2.45) is 0 Å². The van der Waals surface area contributed by atoms with Gasteiger partial charge in [-0.1, -0.05) is 17.7 Å². The van der Waals surface area contributed by atoms with Gasteiger partial charge in [-0.25, -0.2) is 8.78 Å². The number of nitrogens with zero attached hydrogens (tertiary/aromatic N) is 1. The van der Waals surface area contributed by atoms with Crippen molar-refractivity contribution < 1.29 is 13.6 Å². The lowest BCUT2D eigenvalue weighted by Gasteiger charge is -2.19. The first kappa shape index (κ1) is 17.5. The number of aromatic nitrogens is 1. The van der Waals surface area contributed by atoms with Crippen LogP contribution in [0, 0.1) is 5.82 Å². The highest BCUT2D eigenvalue weighted by Crippen LogP contribution is 2.40. The van der Waals surface area contributed by atoms with Gasteiger partial charge in [0, 0.05) is 29.7 Å². The van der Waals surface area contributed by atoms with Gasteiger partial charge >= 0.3 is 0 Å². The maximum Gasteiger partial charge on any atom is 0.257 e. The second-order valence-electron chi connectivity index (χ2n) is 7.60. The van der Waals surface area contributed by atoms with E-state index in [-0.39, 0.29) is 12.4 Å². The molecular formula is C21H18ClF2N3O. The number of rotatable bonds is 4. The summed E-state index contributed by atoms with van der Waals surface area (Å²) in [4.78, 5) is 17.1. The predicted octanol–water partition coefficient (Wildman–Crippen LogP) is 4.60. The number of hydrogen-bond acceptors (Lipinski definition) is 2. The molecule has 1 aromatic heterocycles. The molecule has 1 aliphatic heterocycles. The summed E-state index contributed by atoms with van der Waals surface area (Å²) in [6.45, 7) is 1.50. The Kier molecular flexibility index (Phi) is 3.88. The molecule has 0 saturated heterocycles. The van der Waals surface area contributed by atoms with Crippen LogP contribution in [0.4, 0.5) is 14.5 Å². The molecule has 0 unspecified atom stereocenters. The molecule has 2 N–H and O–H groups in total. The Morgan fingerprint density at radius 3 is 2.75 bits per heavy atom. The molecule has 2 aromatic carbocycles. The fraction of sp³-hybridized carbons (Fsp3) is 0.286. The Bertz CT molecular complexity index is 1110. The highest BCUT2D eigenvalue weighted by atomic mass is 35.5. The van der Waals surface area contributed by atoms with Gasteiger partial charge in [0.25, 0.3) is 5.91 Å². The van der Waals surface area contributed by atoms with E-state index in [2.05, 4.69) is 15.2 Å². The molecule has 28 heavy (non-hydrogen) atoms. The van der Waals surface area contributed by atoms with Gasteiger partial charge < -0.3 is 15.2 Å². The summed E-state index contributed by atoms with van der Waals surface area (Å²) in [7, 11) is 0. The van der Waals surface area contributed by atoms with Crippen molar-refractivity contribution in [1.82, 2.24) is 10.3 Å². The van der Waals surface area contributed by atoms with E-state index >= 15 is 0 Å². The zero-order valence-electron chi connectivity index (χ0n) is 15.0. The maximum atomic E-state index is 13.7. The highest BCUT2D eigenvalue weighted by Gasteiger charge is 2.50. The van der Waals surface area contributed by atoms with Crippen LogP contribution in [0.5, 0.6) is 0 Å². The molecule has 0 spiro atoms. The third-order valence-corrected chi connectivity index (χ3v) is 5.81. The van der Waals surface area contributed by atoms with Crippen molar-refractivity contribution in [1.29, 1.82) is 0 Å². The van der Waals surface area contributed by atoms with E-state index in [1.54, 1.807) is 6.07 Å². The van der Waals surface area contributed by atoms with Crippen LogP contribution in [0.25, 0.3) is 10.9 Å². The number of amides is 1. The summed E-state index contributed by atoms with van der Waals surface area (Å²) in [6, 6.07) is 10.6. The summed E-state index contributed by atoms with van der Waals surface area (Å²) in [5.41, 5.74) is 2.91. The minimum absolute atomic E-state index is 0.237. The monoisotopic (exact) mass is 401 g/mol. The van der Waals surface area contributed by atoms with Crippen molar-refractivity contribution in [3.8, 4) is 0 Å². The van der Waals surface area contributed by atoms with Gasteiger partial charge in [0.05, 0.1) is 17.3 Å². The van der Waals surface area contributed by atoms with Crippen LogP contribution < -0.4 is 10.2 Å². The van der Waals surface area contributed by atoms with E-state index in [4.69, 9.17) is 11.6 Å². The quantitative estimate of drug-likeness (QED) is 0.671. The molecule has 0 bridgehead atoms. The number of anilines is 1. The second-order valence-corrected chi connectivity index (χ2v) is 8.01. The molecule has 0 radical (unpaired) electrons. The Balaban J connectivity index is 1.37. The van der Waals surface area contributed by atoms with Crippen LogP contribution in [0.2, 0.25) is 5.02 Å². The molecular weight excluding hydrogens is 384 g/mol. The summed E-state index contributed by atoms with van der Waals surface area (Å²) in [5, 5.41) is 4.17. The molecule has 1 aliphatic carbocycles. The number of aromatic amines is 1. The number of carbonyl (C=O) groups excluding carboxylic acids is 1. The van der Waals surface area contributed by atoms with E-state index in [9.17, 15) is 13.6 Å². The SMILES string of the molecule is O=C(NCc1cc2cc(Cl)c(N3Cc4ccc(F)cc4C3)cc2[nH]1)C1(F)CC1. The predicted molar refractivity (Wildman–Crippen MR) is 105 cm³/mol. The van der Waals surface area contributed by atoms with Gasteiger partial charge in [-0.15, -0.1) is 0 Å². The summed E-state index contributed by atoms with van der Waals surface area (Å²) in [5.74, 6) is -0.786. The average Bonchev–Trinajstić information content (AvgIpc) is 3.11. The van der Waals surface area contributed by atoms with E-state index in [0.29, 0.717) is 31.0 Å². The number of fused-ring (bicyclic) bond motifs is 2. The number of alkyl halides is 1. The fourth-order valence-corrected chi connectivity index (χ4v) is 4.03. The van der Waals surface area contributed by atoms with Crippen molar-refractivity contribution in [2.45, 2.75) is 38.1 Å². The van der Waals surface area contributed by atoms with Crippen LogP contribution in [0.15, 0.2) is 36.4 Å². The molecule has 2 aliphatic rings. The van der Waals surface area contributed by atoms with Crippen LogP contribution in [-0.4, -0.2) is 16.6 Å². The standard InChI is InChI=1S/C21H18ClF2N3O/c22-17-7-13-6-16(9-25-20(28)21(24)3-4-21)26-18(13)8-19(17)27-10-12-1-2-15(23)5-14(12)11-27/h1-2,5-8,26H,3-4,9-11H2,(H,25,28). The number of benzene rings is 2. The normalized spacial score (nSPS) is 17.0. The average molecular weight is 402 g/mol. The molecule has 1 amide bonds. The topological polar surface area (TPSA) is 48.1 Å². The van der Waals surface area contributed by atoms with Gasteiger partial charge in [-0.3, -0.25) is 4.79 Å². The Morgan fingerprint density at radius 1 is 1.18 bits per heavy atom. The van der Waals surface area contributed by atoms with Crippen LogP contribution >= 0.6 is 11.6 Å². The third-order valence-electron chi connectivity index (χ3n) is 5.51. The van der Waals surface area contributed by atoms with E-state index in [1.807, 2.05) is 24.3 Å². The Hall–Kier alpha value is -2.60. The van der Waals surface area contributed by atoms with Gasteiger partial charge in [0.1, 0.15) is 5.82 Å². The first-order valence-electron chi connectivity index (χ1n) is 9.22. The molecule has 1 saturated carbocycles. The lowest BCUT2D eigenvalue weighted by molar-refractivity contribution is -0.127. The van der Waals surface area contributed by atoms with Crippen LogP contribution in [-0.2, 0) is 24.4 Å². The maximum absolute atomic E-state index is 13.7. The van der Waals surface area contributed by atoms with E-state index in [0.717, 1.165) is 33.4 Å². The molecule has 3 aromatic rings. The second kappa shape index (κ2) is 6.21. The summed E-state index contributed by atoms with van der Waals surface area (Å²) in [6.07, 6.45) is 0.596. The minimum Gasteiger partial charge on any atom is -0.362 e. The minimum atomic E-state index is -1.67. The molecule has 2 heterocycles. The molecule has 0 atom stereocenters. The van der Waals surface area contributed by atoms with Crippen LogP contribution in [0.1, 0.15) is 29.7 Å². The first-order valence-corrected chi connectivity index (χ1v) is 9.60. The van der Waals surface area contributed by atoms with Gasteiger partial charge in [0.2, 0.25) is 0 Å². The van der Waals surface area contributed by atoms with Crippen molar-refractivity contribution in [3.63, 3.8) is 0 Å². The number of H-pyrrole nitrogens is 1. The van der Waals surface area contributed by atoms with Gasteiger partial charge in [0.15, 0.2) is 5.67 Å². The molecule has 5 rings (SSSR count). The van der Waals surface area contributed by atoms with Gasteiger partial charge in [-0.2, -0.15) is 0 Å². The zero-order valence-corrected chi connectivity index (χ0v) is 15.7. The summed E-state index contributed by atoms with van der Waals surface area (Å²) < 4.78 is 27.2. The number of hydrogen-bond donors (Lipinski definition) is 2. The third kappa shape index (κ3) is 3.02. The lowest BCUT2D eigenvalue weighted by Crippen LogP contribution is -2.32. The molecule has 144 valence electrons. The smallest absolute Gasteiger partial charge is 0.257 e. The largest absolute Gasteiger partial charge is 0.362 e. The Labute approximate surface area is 165 Å². The van der Waals surface area contributed by atoms with E-state index < -0.39 is 11.6 Å².